The SMILES string of the molecule is COc1ccc(-c2ncnc(N3CC(N(C)Cc4coc(C)n4)C3)c2F)cc1. The predicted molar refractivity (Wildman–Crippen MR) is 103 cm³/mol. The Labute approximate surface area is 162 Å². The van der Waals surface area contributed by atoms with Gasteiger partial charge in [-0.2, -0.15) is 0 Å². The Bertz CT molecular complexity index is 953. The number of nitrogens with zero attached hydrogens (tertiary/aromatic N) is 5. The lowest BCUT2D eigenvalue weighted by molar-refractivity contribution is 0.194. The summed E-state index contributed by atoms with van der Waals surface area (Å²) in [7, 11) is 3.63. The van der Waals surface area contributed by atoms with E-state index in [0.717, 1.165) is 11.4 Å². The zero-order chi connectivity index (χ0) is 19.7. The molecule has 4 rings (SSSR count). The summed E-state index contributed by atoms with van der Waals surface area (Å²) in [5.41, 5.74) is 1.88. The molecule has 3 heterocycles. The van der Waals surface area contributed by atoms with Gasteiger partial charge in [0.2, 0.25) is 0 Å². The zero-order valence-electron chi connectivity index (χ0n) is 16.1. The Kier molecular flexibility index (Phi) is 4.95. The smallest absolute Gasteiger partial charge is 0.191 e. The molecule has 2 aromatic heterocycles. The molecular weight excluding hydrogens is 361 g/mol. The number of rotatable bonds is 6. The first-order valence-corrected chi connectivity index (χ1v) is 9.06. The van der Waals surface area contributed by atoms with Gasteiger partial charge in [0.05, 0.1) is 12.8 Å². The molecule has 28 heavy (non-hydrogen) atoms. The maximum atomic E-state index is 15.1. The summed E-state index contributed by atoms with van der Waals surface area (Å²) in [6.45, 7) is 3.92. The molecule has 1 aliphatic heterocycles. The van der Waals surface area contributed by atoms with E-state index in [1.54, 1.807) is 37.6 Å². The third kappa shape index (κ3) is 3.55. The average Bonchev–Trinajstić information content (AvgIpc) is 3.06. The summed E-state index contributed by atoms with van der Waals surface area (Å²) in [6.07, 6.45) is 3.08. The van der Waals surface area contributed by atoms with E-state index in [0.29, 0.717) is 48.6 Å². The molecule has 0 saturated carbocycles. The number of halogens is 1. The zero-order valence-corrected chi connectivity index (χ0v) is 16.1. The van der Waals surface area contributed by atoms with Crippen LogP contribution in [0.25, 0.3) is 11.3 Å². The maximum Gasteiger partial charge on any atom is 0.191 e. The predicted octanol–water partition coefficient (Wildman–Crippen LogP) is 2.91. The van der Waals surface area contributed by atoms with Crippen molar-refractivity contribution in [3.8, 4) is 17.0 Å². The summed E-state index contributed by atoms with van der Waals surface area (Å²) in [6, 6.07) is 7.46. The molecule has 1 aliphatic rings. The normalized spacial score (nSPS) is 14.4. The van der Waals surface area contributed by atoms with Crippen LogP contribution in [-0.2, 0) is 6.54 Å². The number of hydrogen-bond acceptors (Lipinski definition) is 7. The number of aromatic nitrogens is 3. The van der Waals surface area contributed by atoms with Gasteiger partial charge in [0.25, 0.3) is 0 Å². The van der Waals surface area contributed by atoms with E-state index in [2.05, 4.69) is 19.9 Å². The molecular formula is C20H22FN5O2. The molecule has 0 atom stereocenters. The Balaban J connectivity index is 1.44. The van der Waals surface area contributed by atoms with Gasteiger partial charge in [0.15, 0.2) is 17.5 Å². The lowest BCUT2D eigenvalue weighted by Gasteiger charge is -2.44. The number of ether oxygens (including phenoxy) is 1. The van der Waals surface area contributed by atoms with E-state index >= 15 is 4.39 Å². The van der Waals surface area contributed by atoms with E-state index in [4.69, 9.17) is 9.15 Å². The first kappa shape index (κ1) is 18.4. The standard InChI is InChI=1S/C20H22FN5O2/c1-13-24-15(11-28-13)8-25(2)16-9-26(10-16)20-18(21)19(22-12-23-20)14-4-6-17(27-3)7-5-14/h4-7,11-12,16H,8-10H2,1-3H3. The van der Waals surface area contributed by atoms with Crippen molar-refractivity contribution in [1.29, 1.82) is 0 Å². The molecule has 1 aromatic carbocycles. The molecule has 8 heteroatoms. The maximum absolute atomic E-state index is 15.1. The molecule has 1 fully saturated rings. The molecule has 0 N–H and O–H groups in total. The van der Waals surface area contributed by atoms with Crippen LogP contribution >= 0.6 is 0 Å². The molecule has 0 bridgehead atoms. The molecule has 3 aromatic rings. The number of oxazole rings is 1. The second-order valence-corrected chi connectivity index (χ2v) is 6.92. The van der Waals surface area contributed by atoms with Gasteiger partial charge in [-0.15, -0.1) is 0 Å². The van der Waals surface area contributed by atoms with Gasteiger partial charge >= 0.3 is 0 Å². The molecule has 0 aliphatic carbocycles. The monoisotopic (exact) mass is 383 g/mol. The van der Waals surface area contributed by atoms with Crippen LogP contribution < -0.4 is 9.64 Å². The van der Waals surface area contributed by atoms with E-state index in [-0.39, 0.29) is 0 Å². The van der Waals surface area contributed by atoms with Crippen molar-refractivity contribution >= 4 is 5.82 Å². The second-order valence-electron chi connectivity index (χ2n) is 6.92. The van der Waals surface area contributed by atoms with E-state index in [1.807, 2.05) is 18.9 Å². The highest BCUT2D eigenvalue weighted by Gasteiger charge is 2.33. The summed E-state index contributed by atoms with van der Waals surface area (Å²) in [4.78, 5) is 16.8. The van der Waals surface area contributed by atoms with E-state index < -0.39 is 5.82 Å². The van der Waals surface area contributed by atoms with Gasteiger partial charge in [-0.3, -0.25) is 4.90 Å². The number of anilines is 1. The van der Waals surface area contributed by atoms with Crippen molar-refractivity contribution in [1.82, 2.24) is 19.9 Å². The summed E-state index contributed by atoms with van der Waals surface area (Å²) in [5, 5.41) is 0. The highest BCUT2D eigenvalue weighted by molar-refractivity contribution is 5.65. The fourth-order valence-electron chi connectivity index (χ4n) is 3.30. The number of aryl methyl sites for hydroxylation is 1. The van der Waals surface area contributed by atoms with Crippen LogP contribution in [0, 0.1) is 12.7 Å². The highest BCUT2D eigenvalue weighted by Crippen LogP contribution is 2.30. The average molecular weight is 383 g/mol. The number of benzene rings is 1. The van der Waals surface area contributed by atoms with Gasteiger partial charge in [-0.25, -0.2) is 19.3 Å². The van der Waals surface area contributed by atoms with Crippen molar-refractivity contribution in [2.45, 2.75) is 19.5 Å². The highest BCUT2D eigenvalue weighted by atomic mass is 19.1. The van der Waals surface area contributed by atoms with E-state index in [9.17, 15) is 0 Å². The van der Waals surface area contributed by atoms with Crippen molar-refractivity contribution in [2.24, 2.45) is 0 Å². The lowest BCUT2D eigenvalue weighted by atomic mass is 10.1. The minimum Gasteiger partial charge on any atom is -0.497 e. The summed E-state index contributed by atoms with van der Waals surface area (Å²) < 4.78 is 25.5. The molecule has 7 nitrogen and oxygen atoms in total. The van der Waals surface area contributed by atoms with E-state index in [1.165, 1.54) is 6.33 Å². The van der Waals surface area contributed by atoms with Crippen LogP contribution in [0.15, 0.2) is 41.3 Å². The number of likely N-dealkylation sites (N-methyl/N-ethyl adjacent to an activating group) is 1. The molecule has 146 valence electrons. The molecule has 1 saturated heterocycles. The van der Waals surface area contributed by atoms with Gasteiger partial charge < -0.3 is 14.1 Å². The topological polar surface area (TPSA) is 67.5 Å². The van der Waals surface area contributed by atoms with Gasteiger partial charge in [0, 0.05) is 38.2 Å². The number of hydrogen-bond donors (Lipinski definition) is 0. The first-order chi connectivity index (χ1) is 13.5. The van der Waals surface area contributed by atoms with Gasteiger partial charge in [0.1, 0.15) is 24.0 Å². The fourth-order valence-corrected chi connectivity index (χ4v) is 3.30. The lowest BCUT2D eigenvalue weighted by Crippen LogP contribution is -2.58. The quantitative estimate of drug-likeness (QED) is 0.648. The molecule has 0 amide bonds. The van der Waals surface area contributed by atoms with Crippen LogP contribution in [0.3, 0.4) is 0 Å². The van der Waals surface area contributed by atoms with Crippen LogP contribution in [-0.4, -0.2) is 53.1 Å². The van der Waals surface area contributed by atoms with Crippen LogP contribution in [0.1, 0.15) is 11.6 Å². The van der Waals surface area contributed by atoms with Crippen molar-refractivity contribution in [2.75, 3.05) is 32.1 Å². The minimum atomic E-state index is -0.402. The van der Waals surface area contributed by atoms with Crippen LogP contribution in [0.2, 0.25) is 0 Å². The number of methoxy groups -OCH3 is 1. The summed E-state index contributed by atoms with van der Waals surface area (Å²) in [5.74, 6) is 1.31. The minimum absolute atomic E-state index is 0.294. The molecule has 0 unspecified atom stereocenters. The third-order valence-corrected chi connectivity index (χ3v) is 5.00. The van der Waals surface area contributed by atoms with Crippen LogP contribution in [0.4, 0.5) is 10.2 Å². The molecule has 0 spiro atoms. The second kappa shape index (κ2) is 7.55. The first-order valence-electron chi connectivity index (χ1n) is 9.06. The fraction of sp³-hybridized carbons (Fsp3) is 0.350. The third-order valence-electron chi connectivity index (χ3n) is 5.00. The Morgan fingerprint density at radius 1 is 1.25 bits per heavy atom. The van der Waals surface area contributed by atoms with Crippen molar-refractivity contribution < 1.29 is 13.5 Å². The Morgan fingerprint density at radius 3 is 2.64 bits per heavy atom. The molecule has 0 radical (unpaired) electrons. The Hall–Kier alpha value is -3.00. The van der Waals surface area contributed by atoms with Crippen molar-refractivity contribution in [3.05, 3.63) is 54.3 Å². The Morgan fingerprint density at radius 2 is 2.00 bits per heavy atom. The summed E-state index contributed by atoms with van der Waals surface area (Å²) >= 11 is 0. The van der Waals surface area contributed by atoms with Crippen LogP contribution in [0.5, 0.6) is 5.75 Å². The van der Waals surface area contributed by atoms with Crippen molar-refractivity contribution in [3.63, 3.8) is 0 Å². The largest absolute Gasteiger partial charge is 0.497 e. The van der Waals surface area contributed by atoms with Gasteiger partial charge in [-0.1, -0.05) is 0 Å². The van der Waals surface area contributed by atoms with Gasteiger partial charge in [-0.05, 0) is 31.3 Å².